The van der Waals surface area contributed by atoms with E-state index in [1.54, 1.807) is 24.7 Å². The summed E-state index contributed by atoms with van der Waals surface area (Å²) in [5, 5.41) is 0. The van der Waals surface area contributed by atoms with E-state index >= 15 is 0 Å². The summed E-state index contributed by atoms with van der Waals surface area (Å²) in [7, 11) is 0. The molecule has 0 radical (unpaired) electrons. The van der Waals surface area contributed by atoms with Crippen LogP contribution in [0, 0.1) is 0 Å². The van der Waals surface area contributed by atoms with Crippen molar-refractivity contribution in [2.45, 2.75) is 25.3 Å². The minimum Gasteiger partial charge on any atom is -0.330 e. The van der Waals surface area contributed by atoms with E-state index < -0.39 is 0 Å². The highest BCUT2D eigenvalue weighted by atomic mass is 16.2. The number of rotatable bonds is 2. The van der Waals surface area contributed by atoms with Crippen LogP contribution in [-0.4, -0.2) is 36.7 Å². The lowest BCUT2D eigenvalue weighted by atomic mass is 9.98. The van der Waals surface area contributed by atoms with Crippen LogP contribution in [-0.2, 0) is 0 Å². The molecule has 6 nitrogen and oxygen atoms in total. The molecule has 6 heteroatoms. The molecule has 0 N–H and O–H groups in total. The number of aromatic nitrogens is 4. The van der Waals surface area contributed by atoms with Gasteiger partial charge in [-0.1, -0.05) is 0 Å². The zero-order chi connectivity index (χ0) is 15.6. The highest BCUT2D eigenvalue weighted by Gasteiger charge is 2.29. The number of nitrogens with zero attached hydrogens (tertiary/aromatic N) is 5. The molecule has 0 saturated carbocycles. The quantitative estimate of drug-likeness (QED) is 0.729. The van der Waals surface area contributed by atoms with Gasteiger partial charge in [-0.05, 0) is 37.5 Å². The molecule has 1 atom stereocenters. The lowest BCUT2D eigenvalue weighted by Gasteiger charge is -2.35. The third kappa shape index (κ3) is 2.56. The van der Waals surface area contributed by atoms with Crippen molar-refractivity contribution >= 4 is 11.7 Å². The SMILES string of the molecule is O=C(c1cccnc1)N1CCCC[C@@H]1c1ccn2ccnc2n1. The monoisotopic (exact) mass is 307 g/mol. The van der Waals surface area contributed by atoms with Gasteiger partial charge in [0.25, 0.3) is 5.91 Å². The Morgan fingerprint density at radius 2 is 2.13 bits per heavy atom. The van der Waals surface area contributed by atoms with E-state index in [4.69, 9.17) is 0 Å². The summed E-state index contributed by atoms with van der Waals surface area (Å²) >= 11 is 0. The van der Waals surface area contributed by atoms with E-state index in [0.29, 0.717) is 11.3 Å². The minimum atomic E-state index is -0.00171. The number of fused-ring (bicyclic) bond motifs is 1. The Morgan fingerprint density at radius 3 is 3.00 bits per heavy atom. The predicted molar refractivity (Wildman–Crippen MR) is 84.9 cm³/mol. The molecule has 116 valence electrons. The number of pyridine rings is 1. The van der Waals surface area contributed by atoms with Crippen LogP contribution in [0.2, 0.25) is 0 Å². The number of hydrogen-bond donors (Lipinski definition) is 0. The van der Waals surface area contributed by atoms with Crippen LogP contribution >= 0.6 is 0 Å². The second-order valence-electron chi connectivity index (χ2n) is 5.74. The smallest absolute Gasteiger partial charge is 0.255 e. The van der Waals surface area contributed by atoms with Crippen LogP contribution in [0.15, 0.2) is 49.2 Å². The molecule has 4 heterocycles. The maximum atomic E-state index is 12.8. The molecular weight excluding hydrogens is 290 g/mol. The molecule has 0 unspecified atom stereocenters. The second kappa shape index (κ2) is 5.79. The maximum absolute atomic E-state index is 12.8. The Morgan fingerprint density at radius 1 is 1.17 bits per heavy atom. The van der Waals surface area contributed by atoms with Gasteiger partial charge in [0.15, 0.2) is 0 Å². The summed E-state index contributed by atoms with van der Waals surface area (Å²) in [5.74, 6) is 0.690. The average molecular weight is 307 g/mol. The van der Waals surface area contributed by atoms with Crippen molar-refractivity contribution in [2.24, 2.45) is 0 Å². The Hall–Kier alpha value is -2.76. The molecule has 0 aliphatic carbocycles. The molecule has 0 aromatic carbocycles. The highest BCUT2D eigenvalue weighted by molar-refractivity contribution is 5.94. The molecule has 3 aromatic rings. The van der Waals surface area contributed by atoms with Gasteiger partial charge in [-0.2, -0.15) is 0 Å². The normalized spacial score (nSPS) is 18.3. The topological polar surface area (TPSA) is 63.4 Å². The molecule has 1 fully saturated rings. The van der Waals surface area contributed by atoms with Crippen molar-refractivity contribution in [3.8, 4) is 0 Å². The molecule has 1 saturated heterocycles. The molecule has 3 aromatic heterocycles. The fraction of sp³-hybridized carbons (Fsp3) is 0.294. The molecule has 23 heavy (non-hydrogen) atoms. The first-order chi connectivity index (χ1) is 11.3. The molecule has 1 amide bonds. The second-order valence-corrected chi connectivity index (χ2v) is 5.74. The van der Waals surface area contributed by atoms with Crippen LogP contribution in [0.5, 0.6) is 0 Å². The van der Waals surface area contributed by atoms with Crippen LogP contribution in [0.3, 0.4) is 0 Å². The number of carbonyl (C=O) groups is 1. The van der Waals surface area contributed by atoms with E-state index in [1.807, 2.05) is 33.8 Å². The van der Waals surface area contributed by atoms with Gasteiger partial charge >= 0.3 is 0 Å². The number of imidazole rings is 1. The van der Waals surface area contributed by atoms with Gasteiger partial charge in [-0.25, -0.2) is 9.97 Å². The van der Waals surface area contributed by atoms with Crippen molar-refractivity contribution in [2.75, 3.05) is 6.54 Å². The van der Waals surface area contributed by atoms with E-state index in [-0.39, 0.29) is 11.9 Å². The van der Waals surface area contributed by atoms with Gasteiger partial charge in [-0.3, -0.25) is 14.2 Å². The van der Waals surface area contributed by atoms with Crippen LogP contribution in [0.1, 0.15) is 41.4 Å². The number of amides is 1. The standard InChI is InChI=1S/C17H17N5O/c23-16(13-4-3-7-18-12-13)22-9-2-1-5-15(22)14-6-10-21-11-8-19-17(21)20-14/h3-4,6-8,10-12,15H,1-2,5,9H2/t15-/m1/s1. The zero-order valence-electron chi connectivity index (χ0n) is 12.7. The van der Waals surface area contributed by atoms with Crippen LogP contribution in [0.4, 0.5) is 0 Å². The zero-order valence-corrected chi connectivity index (χ0v) is 12.7. The Bertz CT molecular complexity index is 829. The summed E-state index contributed by atoms with van der Waals surface area (Å²) in [6.45, 7) is 0.750. The van der Waals surface area contributed by atoms with Gasteiger partial charge in [0.2, 0.25) is 5.78 Å². The molecule has 1 aliphatic rings. The first-order valence-corrected chi connectivity index (χ1v) is 7.83. The van der Waals surface area contributed by atoms with Crippen molar-refractivity contribution < 1.29 is 4.79 Å². The van der Waals surface area contributed by atoms with Crippen molar-refractivity contribution in [1.29, 1.82) is 0 Å². The molecule has 4 rings (SSSR count). The van der Waals surface area contributed by atoms with Gasteiger partial charge in [0, 0.05) is 37.5 Å². The van der Waals surface area contributed by atoms with Gasteiger partial charge in [-0.15, -0.1) is 0 Å². The Balaban J connectivity index is 1.68. The lowest BCUT2D eigenvalue weighted by molar-refractivity contribution is 0.0605. The van der Waals surface area contributed by atoms with Crippen molar-refractivity contribution in [1.82, 2.24) is 24.3 Å². The summed E-state index contributed by atoms with van der Waals surface area (Å²) < 4.78 is 1.87. The van der Waals surface area contributed by atoms with E-state index in [9.17, 15) is 4.79 Å². The van der Waals surface area contributed by atoms with E-state index in [0.717, 1.165) is 31.5 Å². The van der Waals surface area contributed by atoms with E-state index in [1.165, 1.54) is 0 Å². The van der Waals surface area contributed by atoms with Crippen molar-refractivity contribution in [3.05, 3.63) is 60.4 Å². The van der Waals surface area contributed by atoms with Crippen LogP contribution in [0.25, 0.3) is 5.78 Å². The average Bonchev–Trinajstić information content (AvgIpc) is 3.09. The molecular formula is C17H17N5O. The first kappa shape index (κ1) is 13.9. The Labute approximate surface area is 133 Å². The fourth-order valence-corrected chi connectivity index (χ4v) is 3.14. The summed E-state index contributed by atoms with van der Waals surface area (Å²) in [6.07, 6.45) is 11.9. The third-order valence-electron chi connectivity index (χ3n) is 4.30. The number of piperidine rings is 1. The van der Waals surface area contributed by atoms with Gasteiger partial charge < -0.3 is 4.90 Å². The third-order valence-corrected chi connectivity index (χ3v) is 4.30. The van der Waals surface area contributed by atoms with E-state index in [2.05, 4.69) is 15.0 Å². The fourth-order valence-electron chi connectivity index (χ4n) is 3.14. The Kier molecular flexibility index (Phi) is 3.49. The minimum absolute atomic E-state index is 0.00171. The summed E-state index contributed by atoms with van der Waals surface area (Å²) in [4.78, 5) is 27.7. The number of carbonyl (C=O) groups excluding carboxylic acids is 1. The highest BCUT2D eigenvalue weighted by Crippen LogP contribution is 2.31. The van der Waals surface area contributed by atoms with Crippen molar-refractivity contribution in [3.63, 3.8) is 0 Å². The molecule has 0 bridgehead atoms. The largest absolute Gasteiger partial charge is 0.330 e. The number of hydrogen-bond acceptors (Lipinski definition) is 4. The molecule has 0 spiro atoms. The summed E-state index contributed by atoms with van der Waals surface area (Å²) in [5.41, 5.74) is 1.53. The van der Waals surface area contributed by atoms with Crippen LogP contribution < -0.4 is 0 Å². The molecule has 1 aliphatic heterocycles. The predicted octanol–water partition coefficient (Wildman–Crippen LogP) is 2.49. The number of likely N-dealkylation sites (tertiary alicyclic amines) is 1. The maximum Gasteiger partial charge on any atom is 0.255 e. The lowest BCUT2D eigenvalue weighted by Crippen LogP contribution is -2.39. The first-order valence-electron chi connectivity index (χ1n) is 7.83. The van der Waals surface area contributed by atoms with Gasteiger partial charge in [0.1, 0.15) is 0 Å². The van der Waals surface area contributed by atoms with Gasteiger partial charge in [0.05, 0.1) is 17.3 Å². The summed E-state index contributed by atoms with van der Waals surface area (Å²) in [6, 6.07) is 5.58.